The number of hydrogen-bond acceptors (Lipinski definition) is 1. The molecule has 2 nitrogen and oxygen atoms in total. The smallest absolute Gasteiger partial charge is 0.147 e. The average molecular weight is 382 g/mol. The first kappa shape index (κ1) is 14.6. The minimum Gasteiger partial charge on any atom is -0.325 e. The molecule has 3 aromatic rings. The number of nitrogens with zero attached hydrogens (tertiary/aromatic N) is 2. The van der Waals surface area contributed by atoms with E-state index in [9.17, 15) is 0 Å². The van der Waals surface area contributed by atoms with Gasteiger partial charge in [0.1, 0.15) is 11.0 Å². The SMILES string of the molecule is Clc1cn(Cc2ccc(Br)cc2Cl)c(-c2ccccc2)n1. The third-order valence-electron chi connectivity index (χ3n) is 3.13. The Hall–Kier alpha value is -1.29. The summed E-state index contributed by atoms with van der Waals surface area (Å²) in [6.07, 6.45) is 1.82. The first-order chi connectivity index (χ1) is 10.1. The molecule has 0 fully saturated rings. The van der Waals surface area contributed by atoms with E-state index in [0.717, 1.165) is 21.4 Å². The maximum absolute atomic E-state index is 6.29. The molecule has 21 heavy (non-hydrogen) atoms. The molecule has 2 aromatic carbocycles. The van der Waals surface area contributed by atoms with Gasteiger partial charge in [0.25, 0.3) is 0 Å². The minimum absolute atomic E-state index is 0.474. The lowest BCUT2D eigenvalue weighted by Gasteiger charge is -2.09. The molecule has 0 aliphatic rings. The molecule has 0 aliphatic heterocycles. The van der Waals surface area contributed by atoms with Crippen molar-refractivity contribution in [2.75, 3.05) is 0 Å². The van der Waals surface area contributed by atoms with Crippen LogP contribution in [-0.2, 0) is 6.54 Å². The van der Waals surface area contributed by atoms with Gasteiger partial charge in [-0.15, -0.1) is 0 Å². The summed E-state index contributed by atoms with van der Waals surface area (Å²) in [7, 11) is 0. The Labute approximate surface area is 141 Å². The van der Waals surface area contributed by atoms with Crippen molar-refractivity contribution < 1.29 is 0 Å². The summed E-state index contributed by atoms with van der Waals surface area (Å²) in [5, 5.41) is 1.19. The Bertz CT molecular complexity index is 769. The van der Waals surface area contributed by atoms with E-state index >= 15 is 0 Å². The third-order valence-corrected chi connectivity index (χ3v) is 4.16. The lowest BCUT2D eigenvalue weighted by molar-refractivity contribution is 0.807. The van der Waals surface area contributed by atoms with Crippen LogP contribution in [0.3, 0.4) is 0 Å². The maximum atomic E-state index is 6.29. The van der Waals surface area contributed by atoms with Crippen molar-refractivity contribution >= 4 is 39.1 Å². The van der Waals surface area contributed by atoms with Crippen molar-refractivity contribution in [2.45, 2.75) is 6.54 Å². The van der Waals surface area contributed by atoms with E-state index < -0.39 is 0 Å². The summed E-state index contributed by atoms with van der Waals surface area (Å²) >= 11 is 15.8. The molecule has 5 heteroatoms. The summed E-state index contributed by atoms with van der Waals surface area (Å²) in [6.45, 7) is 0.621. The zero-order valence-corrected chi connectivity index (χ0v) is 14.0. The molecular weight excluding hydrogens is 371 g/mol. The zero-order chi connectivity index (χ0) is 14.8. The molecule has 0 bridgehead atoms. The van der Waals surface area contributed by atoms with Gasteiger partial charge in [-0.3, -0.25) is 0 Å². The number of rotatable bonds is 3. The predicted molar refractivity (Wildman–Crippen MR) is 90.9 cm³/mol. The van der Waals surface area contributed by atoms with Gasteiger partial charge in [0, 0.05) is 21.3 Å². The maximum Gasteiger partial charge on any atom is 0.147 e. The molecule has 1 aromatic heterocycles. The van der Waals surface area contributed by atoms with Gasteiger partial charge >= 0.3 is 0 Å². The van der Waals surface area contributed by atoms with E-state index in [1.54, 1.807) is 0 Å². The fourth-order valence-electron chi connectivity index (χ4n) is 2.16. The third kappa shape index (κ3) is 3.31. The van der Waals surface area contributed by atoms with Gasteiger partial charge in [0.05, 0.1) is 6.54 Å². The Morgan fingerprint density at radius 1 is 1.05 bits per heavy atom. The van der Waals surface area contributed by atoms with Crippen molar-refractivity contribution in [3.05, 3.63) is 74.9 Å². The molecule has 3 rings (SSSR count). The van der Waals surface area contributed by atoms with Gasteiger partial charge < -0.3 is 4.57 Å². The van der Waals surface area contributed by atoms with E-state index in [1.807, 2.05) is 59.3 Å². The second-order valence-electron chi connectivity index (χ2n) is 4.62. The molecule has 0 saturated carbocycles. The first-order valence-electron chi connectivity index (χ1n) is 6.35. The van der Waals surface area contributed by atoms with Crippen molar-refractivity contribution in [1.82, 2.24) is 9.55 Å². The lowest BCUT2D eigenvalue weighted by atomic mass is 10.2. The quantitative estimate of drug-likeness (QED) is 0.571. The van der Waals surface area contributed by atoms with E-state index in [1.165, 1.54) is 0 Å². The molecule has 0 unspecified atom stereocenters. The standard InChI is InChI=1S/C16H11BrCl2N2/c17-13-7-6-12(14(18)8-13)9-21-10-15(19)20-16(21)11-4-2-1-3-5-11/h1-8,10H,9H2. The van der Waals surface area contributed by atoms with Crippen molar-refractivity contribution in [2.24, 2.45) is 0 Å². The fourth-order valence-corrected chi connectivity index (χ4v) is 3.09. The van der Waals surface area contributed by atoms with Crippen LogP contribution in [0.4, 0.5) is 0 Å². The normalized spacial score (nSPS) is 10.8. The highest BCUT2D eigenvalue weighted by Gasteiger charge is 2.11. The van der Waals surface area contributed by atoms with Gasteiger partial charge in [-0.1, -0.05) is 75.5 Å². The average Bonchev–Trinajstić information content (AvgIpc) is 2.84. The Balaban J connectivity index is 2.00. The van der Waals surface area contributed by atoms with Crippen molar-refractivity contribution in [3.8, 4) is 11.4 Å². The van der Waals surface area contributed by atoms with E-state index in [0.29, 0.717) is 16.7 Å². The van der Waals surface area contributed by atoms with Crippen LogP contribution in [0.2, 0.25) is 10.2 Å². The van der Waals surface area contributed by atoms with Crippen LogP contribution in [0.25, 0.3) is 11.4 Å². The summed E-state index contributed by atoms with van der Waals surface area (Å²) in [5.74, 6) is 0.833. The van der Waals surface area contributed by atoms with E-state index in [2.05, 4.69) is 20.9 Å². The highest BCUT2D eigenvalue weighted by atomic mass is 79.9. The zero-order valence-electron chi connectivity index (χ0n) is 10.9. The number of hydrogen-bond donors (Lipinski definition) is 0. The van der Waals surface area contributed by atoms with E-state index in [-0.39, 0.29) is 0 Å². The molecular formula is C16H11BrCl2N2. The second kappa shape index (κ2) is 6.22. The van der Waals surface area contributed by atoms with Crippen LogP contribution >= 0.6 is 39.1 Å². The predicted octanol–water partition coefficient (Wildman–Crippen LogP) is 5.67. The van der Waals surface area contributed by atoms with Crippen LogP contribution in [0.5, 0.6) is 0 Å². The van der Waals surface area contributed by atoms with E-state index in [4.69, 9.17) is 23.2 Å². The number of aromatic nitrogens is 2. The van der Waals surface area contributed by atoms with Crippen molar-refractivity contribution in [3.63, 3.8) is 0 Å². The van der Waals surface area contributed by atoms with Gasteiger partial charge in [0.2, 0.25) is 0 Å². The van der Waals surface area contributed by atoms with Crippen LogP contribution in [0.1, 0.15) is 5.56 Å². The molecule has 0 aliphatic carbocycles. The highest BCUT2D eigenvalue weighted by molar-refractivity contribution is 9.10. The molecule has 0 radical (unpaired) electrons. The molecule has 0 saturated heterocycles. The summed E-state index contributed by atoms with van der Waals surface area (Å²) in [5.41, 5.74) is 2.05. The molecule has 0 amide bonds. The van der Waals surface area contributed by atoms with Gasteiger partial charge in [-0.05, 0) is 17.7 Å². The molecule has 0 spiro atoms. The highest BCUT2D eigenvalue weighted by Crippen LogP contribution is 2.26. The van der Waals surface area contributed by atoms with Crippen molar-refractivity contribution in [1.29, 1.82) is 0 Å². The Morgan fingerprint density at radius 2 is 1.81 bits per heavy atom. The Morgan fingerprint density at radius 3 is 2.52 bits per heavy atom. The fraction of sp³-hybridized carbons (Fsp3) is 0.0625. The molecule has 106 valence electrons. The monoisotopic (exact) mass is 380 g/mol. The minimum atomic E-state index is 0.474. The summed E-state index contributed by atoms with van der Waals surface area (Å²) < 4.78 is 2.97. The largest absolute Gasteiger partial charge is 0.325 e. The van der Waals surface area contributed by atoms with Crippen LogP contribution in [0, 0.1) is 0 Å². The first-order valence-corrected chi connectivity index (χ1v) is 7.90. The number of halogens is 3. The van der Waals surface area contributed by atoms with Crippen LogP contribution in [-0.4, -0.2) is 9.55 Å². The molecule has 0 atom stereocenters. The van der Waals surface area contributed by atoms with Gasteiger partial charge in [0.15, 0.2) is 0 Å². The van der Waals surface area contributed by atoms with Crippen LogP contribution < -0.4 is 0 Å². The van der Waals surface area contributed by atoms with Gasteiger partial charge in [-0.25, -0.2) is 4.98 Å². The lowest BCUT2D eigenvalue weighted by Crippen LogP contribution is -2.01. The number of imidazole rings is 1. The Kier molecular flexibility index (Phi) is 4.34. The summed E-state index contributed by atoms with van der Waals surface area (Å²) in [4.78, 5) is 4.40. The molecule has 0 N–H and O–H groups in total. The van der Waals surface area contributed by atoms with Gasteiger partial charge in [-0.2, -0.15) is 0 Å². The summed E-state index contributed by atoms with van der Waals surface area (Å²) in [6, 6.07) is 15.8. The second-order valence-corrected chi connectivity index (χ2v) is 6.33. The molecule has 1 heterocycles. The van der Waals surface area contributed by atoms with Crippen LogP contribution in [0.15, 0.2) is 59.2 Å². The topological polar surface area (TPSA) is 17.8 Å². The number of benzene rings is 2.